The van der Waals surface area contributed by atoms with Crippen LogP contribution >= 0.6 is 11.6 Å². The van der Waals surface area contributed by atoms with Gasteiger partial charge in [0.2, 0.25) is 0 Å². The van der Waals surface area contributed by atoms with E-state index in [9.17, 15) is 4.79 Å². The third kappa shape index (κ3) is 3.15. The number of aryl methyl sites for hydroxylation is 1. The predicted molar refractivity (Wildman–Crippen MR) is 80.1 cm³/mol. The summed E-state index contributed by atoms with van der Waals surface area (Å²) in [6.07, 6.45) is 0.882. The summed E-state index contributed by atoms with van der Waals surface area (Å²) in [5.74, 6) is 0. The van der Waals surface area contributed by atoms with Gasteiger partial charge in [-0.2, -0.15) is 0 Å². The Morgan fingerprint density at radius 2 is 1.95 bits per heavy atom. The van der Waals surface area contributed by atoms with Crippen molar-refractivity contribution in [3.05, 3.63) is 64.2 Å². The van der Waals surface area contributed by atoms with Crippen molar-refractivity contribution >= 4 is 23.6 Å². The van der Waals surface area contributed by atoms with E-state index in [2.05, 4.69) is 4.90 Å². The molecule has 0 atom stereocenters. The van der Waals surface area contributed by atoms with Crippen LogP contribution in [0, 0.1) is 6.92 Å². The summed E-state index contributed by atoms with van der Waals surface area (Å²) >= 11 is 6.16. The normalized spacial score (nSPS) is 10.3. The molecular formula is C16H16ClNO. The highest BCUT2D eigenvalue weighted by Crippen LogP contribution is 2.22. The van der Waals surface area contributed by atoms with Crippen molar-refractivity contribution in [2.24, 2.45) is 0 Å². The lowest BCUT2D eigenvalue weighted by atomic mass is 10.1. The predicted octanol–water partition coefficient (Wildman–Crippen LogP) is 4.10. The number of benzene rings is 2. The molecule has 2 aromatic rings. The van der Waals surface area contributed by atoms with E-state index in [0.29, 0.717) is 0 Å². The van der Waals surface area contributed by atoms with Gasteiger partial charge in [-0.3, -0.25) is 4.79 Å². The number of carbonyl (C=O) groups excluding carboxylic acids is 1. The van der Waals surface area contributed by atoms with E-state index in [1.807, 2.05) is 56.4 Å². The van der Waals surface area contributed by atoms with Crippen molar-refractivity contribution in [2.45, 2.75) is 13.5 Å². The zero-order chi connectivity index (χ0) is 13.8. The average molecular weight is 274 g/mol. The van der Waals surface area contributed by atoms with Crippen molar-refractivity contribution in [2.75, 3.05) is 11.9 Å². The first-order valence-corrected chi connectivity index (χ1v) is 6.50. The highest BCUT2D eigenvalue weighted by Gasteiger charge is 2.06. The zero-order valence-electron chi connectivity index (χ0n) is 11.1. The van der Waals surface area contributed by atoms with Crippen LogP contribution in [0.3, 0.4) is 0 Å². The van der Waals surface area contributed by atoms with Crippen LogP contribution in [0.2, 0.25) is 5.02 Å². The molecule has 0 heterocycles. The van der Waals surface area contributed by atoms with E-state index in [1.54, 1.807) is 0 Å². The summed E-state index contributed by atoms with van der Waals surface area (Å²) < 4.78 is 0. The minimum atomic E-state index is 0.731. The van der Waals surface area contributed by atoms with Gasteiger partial charge in [-0.15, -0.1) is 0 Å². The largest absolute Gasteiger partial charge is 0.370 e. The maximum absolute atomic E-state index is 10.8. The topological polar surface area (TPSA) is 20.3 Å². The van der Waals surface area contributed by atoms with E-state index < -0.39 is 0 Å². The highest BCUT2D eigenvalue weighted by atomic mass is 35.5. The fourth-order valence-corrected chi connectivity index (χ4v) is 2.20. The second-order valence-electron chi connectivity index (χ2n) is 4.61. The molecule has 19 heavy (non-hydrogen) atoms. The molecule has 0 aliphatic heterocycles. The zero-order valence-corrected chi connectivity index (χ0v) is 11.8. The van der Waals surface area contributed by atoms with Crippen molar-refractivity contribution in [1.82, 2.24) is 0 Å². The second kappa shape index (κ2) is 5.89. The van der Waals surface area contributed by atoms with Gasteiger partial charge in [-0.1, -0.05) is 29.8 Å². The summed E-state index contributed by atoms with van der Waals surface area (Å²) in [6, 6.07) is 13.6. The van der Waals surface area contributed by atoms with Gasteiger partial charge in [-0.05, 0) is 42.3 Å². The van der Waals surface area contributed by atoms with Gasteiger partial charge in [-0.25, -0.2) is 0 Å². The maximum Gasteiger partial charge on any atom is 0.150 e. The molecule has 0 radical (unpaired) electrons. The Morgan fingerprint density at radius 1 is 1.21 bits per heavy atom. The van der Waals surface area contributed by atoms with Crippen LogP contribution in [0.4, 0.5) is 5.69 Å². The van der Waals surface area contributed by atoms with Gasteiger partial charge in [0.25, 0.3) is 0 Å². The molecular weight excluding hydrogens is 258 g/mol. The smallest absolute Gasteiger partial charge is 0.150 e. The molecule has 0 bridgehead atoms. The van der Waals surface area contributed by atoms with Crippen molar-refractivity contribution < 1.29 is 4.79 Å². The number of carbonyl (C=O) groups is 1. The highest BCUT2D eigenvalue weighted by molar-refractivity contribution is 6.31. The quantitative estimate of drug-likeness (QED) is 0.782. The Morgan fingerprint density at radius 3 is 2.58 bits per heavy atom. The third-order valence-electron chi connectivity index (χ3n) is 3.19. The van der Waals surface area contributed by atoms with E-state index in [4.69, 9.17) is 11.6 Å². The Labute approximate surface area is 118 Å². The second-order valence-corrected chi connectivity index (χ2v) is 5.01. The molecule has 0 aromatic heterocycles. The molecule has 2 aromatic carbocycles. The molecule has 3 heteroatoms. The Balaban J connectivity index is 2.20. The first-order chi connectivity index (χ1) is 9.11. The van der Waals surface area contributed by atoms with Crippen LogP contribution in [0.15, 0.2) is 42.5 Å². The van der Waals surface area contributed by atoms with E-state index in [1.165, 1.54) is 0 Å². The average Bonchev–Trinajstić information content (AvgIpc) is 2.41. The summed E-state index contributed by atoms with van der Waals surface area (Å²) in [5, 5.41) is 0.774. The number of halogens is 1. The molecule has 98 valence electrons. The van der Waals surface area contributed by atoms with E-state index in [0.717, 1.165) is 40.2 Å². The molecule has 2 rings (SSSR count). The van der Waals surface area contributed by atoms with Crippen LogP contribution in [-0.2, 0) is 6.54 Å². The molecule has 0 spiro atoms. The molecule has 0 fully saturated rings. The SMILES string of the molecule is Cc1cc(N(C)Cc2ccccc2Cl)ccc1C=O. The molecule has 0 unspecified atom stereocenters. The molecule has 2 nitrogen and oxygen atoms in total. The third-order valence-corrected chi connectivity index (χ3v) is 3.56. The van der Waals surface area contributed by atoms with Crippen LogP contribution < -0.4 is 4.90 Å². The standard InChI is InChI=1S/C16H16ClNO/c1-12-9-15(8-7-14(12)11-19)18(2)10-13-5-3-4-6-16(13)17/h3-9,11H,10H2,1-2H3. The van der Waals surface area contributed by atoms with Gasteiger partial charge in [0.05, 0.1) is 0 Å². The molecule has 0 amide bonds. The van der Waals surface area contributed by atoms with Crippen molar-refractivity contribution in [1.29, 1.82) is 0 Å². The number of aldehydes is 1. The maximum atomic E-state index is 10.8. The van der Waals surface area contributed by atoms with Gasteiger partial charge in [0, 0.05) is 29.9 Å². The van der Waals surface area contributed by atoms with Gasteiger partial charge >= 0.3 is 0 Å². The van der Waals surface area contributed by atoms with E-state index >= 15 is 0 Å². The minimum absolute atomic E-state index is 0.731. The Kier molecular flexibility index (Phi) is 4.23. The fraction of sp³-hybridized carbons (Fsp3) is 0.188. The lowest BCUT2D eigenvalue weighted by molar-refractivity contribution is 0.112. The summed E-state index contributed by atoms with van der Waals surface area (Å²) in [7, 11) is 2.01. The van der Waals surface area contributed by atoms with Crippen LogP contribution in [0.5, 0.6) is 0 Å². The number of hydrogen-bond acceptors (Lipinski definition) is 2. The molecule has 0 N–H and O–H groups in total. The lowest BCUT2D eigenvalue weighted by Gasteiger charge is -2.21. The molecule has 0 aliphatic rings. The number of hydrogen-bond donors (Lipinski definition) is 0. The number of rotatable bonds is 4. The van der Waals surface area contributed by atoms with Crippen molar-refractivity contribution in [3.63, 3.8) is 0 Å². The molecule has 0 saturated carbocycles. The van der Waals surface area contributed by atoms with E-state index in [-0.39, 0.29) is 0 Å². The lowest BCUT2D eigenvalue weighted by Crippen LogP contribution is -2.16. The van der Waals surface area contributed by atoms with Crippen LogP contribution in [-0.4, -0.2) is 13.3 Å². The van der Waals surface area contributed by atoms with Gasteiger partial charge in [0.1, 0.15) is 6.29 Å². The minimum Gasteiger partial charge on any atom is -0.370 e. The first-order valence-electron chi connectivity index (χ1n) is 6.12. The summed E-state index contributed by atoms with van der Waals surface area (Å²) in [5.41, 5.74) is 3.88. The first kappa shape index (κ1) is 13.6. The van der Waals surface area contributed by atoms with Gasteiger partial charge < -0.3 is 4.90 Å². The monoisotopic (exact) mass is 273 g/mol. The Bertz CT molecular complexity index is 595. The molecule has 0 saturated heterocycles. The van der Waals surface area contributed by atoms with Crippen LogP contribution in [0.1, 0.15) is 21.5 Å². The summed E-state index contributed by atoms with van der Waals surface area (Å²) in [4.78, 5) is 12.9. The number of nitrogens with zero attached hydrogens (tertiary/aromatic N) is 1. The van der Waals surface area contributed by atoms with Gasteiger partial charge in [0.15, 0.2) is 0 Å². The number of anilines is 1. The van der Waals surface area contributed by atoms with Crippen LogP contribution in [0.25, 0.3) is 0 Å². The van der Waals surface area contributed by atoms with Crippen molar-refractivity contribution in [3.8, 4) is 0 Å². The fourth-order valence-electron chi connectivity index (χ4n) is 2.00. The Hall–Kier alpha value is -1.80. The molecule has 0 aliphatic carbocycles. The summed E-state index contributed by atoms with van der Waals surface area (Å²) in [6.45, 7) is 2.68.